The lowest BCUT2D eigenvalue weighted by atomic mass is 10.1. The Morgan fingerprint density at radius 2 is 2.18 bits per heavy atom. The Labute approximate surface area is 99.7 Å². The van der Waals surface area contributed by atoms with Gasteiger partial charge in [0.1, 0.15) is 0 Å². The molecule has 0 bridgehead atoms. The summed E-state index contributed by atoms with van der Waals surface area (Å²) < 4.78 is 1.71. The second-order valence-electron chi connectivity index (χ2n) is 3.70. The van der Waals surface area contributed by atoms with Crippen molar-refractivity contribution in [1.29, 1.82) is 5.26 Å². The summed E-state index contributed by atoms with van der Waals surface area (Å²) in [4.78, 5) is 0. The Bertz CT molecular complexity index is 495. The molecule has 0 fully saturated rings. The number of rotatable bonds is 4. The predicted molar refractivity (Wildman–Crippen MR) is 63.4 cm³/mol. The zero-order valence-electron chi connectivity index (χ0n) is 9.54. The fourth-order valence-electron chi connectivity index (χ4n) is 1.58. The van der Waals surface area contributed by atoms with Crippen molar-refractivity contribution < 1.29 is 0 Å². The number of nitrogens with one attached hydrogen (secondary N) is 1. The van der Waals surface area contributed by atoms with E-state index >= 15 is 0 Å². The van der Waals surface area contributed by atoms with Gasteiger partial charge >= 0.3 is 0 Å². The van der Waals surface area contributed by atoms with Crippen molar-refractivity contribution in [3.05, 3.63) is 42.2 Å². The molecule has 0 aliphatic heterocycles. The van der Waals surface area contributed by atoms with Crippen LogP contribution in [0, 0.1) is 11.3 Å². The Morgan fingerprint density at radius 3 is 2.76 bits per heavy atom. The van der Waals surface area contributed by atoms with Gasteiger partial charge in [0.15, 0.2) is 0 Å². The van der Waals surface area contributed by atoms with Gasteiger partial charge in [-0.3, -0.25) is 5.32 Å². The molecule has 0 amide bonds. The van der Waals surface area contributed by atoms with Gasteiger partial charge in [0.2, 0.25) is 0 Å². The minimum absolute atomic E-state index is 0.166. The lowest BCUT2D eigenvalue weighted by Gasteiger charge is -2.12. The van der Waals surface area contributed by atoms with E-state index in [1.165, 1.54) is 0 Å². The van der Waals surface area contributed by atoms with Gasteiger partial charge < -0.3 is 0 Å². The number of nitrogens with zero attached hydrogens (tertiary/aromatic N) is 4. The molecule has 1 heterocycles. The summed E-state index contributed by atoms with van der Waals surface area (Å²) in [6, 6.07) is 10.2. The van der Waals surface area contributed by atoms with Gasteiger partial charge in [-0.15, -0.1) is 5.10 Å². The minimum Gasteiger partial charge on any atom is -0.298 e. The van der Waals surface area contributed by atoms with E-state index in [9.17, 15) is 0 Å². The highest BCUT2D eigenvalue weighted by molar-refractivity contribution is 5.34. The van der Waals surface area contributed by atoms with Crippen LogP contribution in [-0.2, 0) is 0 Å². The maximum absolute atomic E-state index is 8.50. The van der Waals surface area contributed by atoms with Crippen LogP contribution in [0.1, 0.15) is 18.5 Å². The zero-order chi connectivity index (χ0) is 12.1. The topological polar surface area (TPSA) is 66.5 Å². The molecule has 2 aromatic rings. The van der Waals surface area contributed by atoms with Crippen LogP contribution in [0.2, 0.25) is 0 Å². The smallest absolute Gasteiger partial charge is 0.0845 e. The van der Waals surface area contributed by atoms with Crippen molar-refractivity contribution >= 4 is 0 Å². The summed E-state index contributed by atoms with van der Waals surface area (Å²) in [5.74, 6) is 0. The van der Waals surface area contributed by atoms with Crippen LogP contribution in [0.25, 0.3) is 5.69 Å². The van der Waals surface area contributed by atoms with E-state index in [4.69, 9.17) is 5.26 Å². The predicted octanol–water partition coefficient (Wildman–Crippen LogP) is 1.44. The molecule has 0 spiro atoms. The van der Waals surface area contributed by atoms with Gasteiger partial charge in [-0.25, -0.2) is 4.68 Å². The Morgan fingerprint density at radius 1 is 1.41 bits per heavy atom. The third-order valence-corrected chi connectivity index (χ3v) is 2.57. The van der Waals surface area contributed by atoms with Gasteiger partial charge in [0, 0.05) is 6.04 Å². The number of hydrogen-bond donors (Lipinski definition) is 1. The Balaban J connectivity index is 2.11. The van der Waals surface area contributed by atoms with E-state index in [0.29, 0.717) is 6.54 Å². The summed E-state index contributed by atoms with van der Waals surface area (Å²) in [5.41, 5.74) is 2.11. The molecule has 5 heteroatoms. The summed E-state index contributed by atoms with van der Waals surface area (Å²) in [7, 11) is 0. The lowest BCUT2D eigenvalue weighted by molar-refractivity contribution is 0.621. The molecule has 0 saturated heterocycles. The minimum atomic E-state index is 0.166. The highest BCUT2D eigenvalue weighted by Crippen LogP contribution is 2.14. The van der Waals surface area contributed by atoms with E-state index in [-0.39, 0.29) is 6.04 Å². The van der Waals surface area contributed by atoms with Crippen LogP contribution in [-0.4, -0.2) is 21.5 Å². The first-order chi connectivity index (χ1) is 8.31. The van der Waals surface area contributed by atoms with Crippen molar-refractivity contribution in [3.63, 3.8) is 0 Å². The molecule has 0 aliphatic rings. The molecule has 0 radical (unpaired) electrons. The van der Waals surface area contributed by atoms with Gasteiger partial charge in [-0.1, -0.05) is 17.3 Å². The van der Waals surface area contributed by atoms with Crippen molar-refractivity contribution in [1.82, 2.24) is 20.3 Å². The zero-order valence-corrected chi connectivity index (χ0v) is 9.54. The molecular weight excluding hydrogens is 214 g/mol. The molecule has 86 valence electrons. The molecular formula is C12H13N5. The molecule has 2 rings (SSSR count). The van der Waals surface area contributed by atoms with Gasteiger partial charge in [0.25, 0.3) is 0 Å². The molecule has 1 N–H and O–H groups in total. The summed E-state index contributed by atoms with van der Waals surface area (Å²) >= 11 is 0. The van der Waals surface area contributed by atoms with Crippen molar-refractivity contribution in [2.24, 2.45) is 0 Å². The highest BCUT2D eigenvalue weighted by Gasteiger charge is 2.04. The van der Waals surface area contributed by atoms with Crippen LogP contribution >= 0.6 is 0 Å². The Kier molecular flexibility index (Phi) is 3.48. The van der Waals surface area contributed by atoms with E-state index < -0.39 is 0 Å². The normalized spacial score (nSPS) is 12.0. The van der Waals surface area contributed by atoms with E-state index in [2.05, 4.69) is 21.7 Å². The molecule has 5 nitrogen and oxygen atoms in total. The molecule has 1 aromatic carbocycles. The molecule has 0 unspecified atom stereocenters. The van der Waals surface area contributed by atoms with Crippen molar-refractivity contribution in [3.8, 4) is 11.8 Å². The molecule has 0 aliphatic carbocycles. The maximum Gasteiger partial charge on any atom is 0.0845 e. The monoisotopic (exact) mass is 227 g/mol. The lowest BCUT2D eigenvalue weighted by Crippen LogP contribution is -2.18. The number of aromatic nitrogens is 3. The summed E-state index contributed by atoms with van der Waals surface area (Å²) in [6.45, 7) is 2.38. The van der Waals surface area contributed by atoms with E-state index in [1.54, 1.807) is 17.1 Å². The molecule has 0 saturated carbocycles. The number of benzene rings is 1. The van der Waals surface area contributed by atoms with Crippen molar-refractivity contribution in [2.45, 2.75) is 13.0 Å². The fourth-order valence-corrected chi connectivity index (χ4v) is 1.58. The van der Waals surface area contributed by atoms with Crippen molar-refractivity contribution in [2.75, 3.05) is 6.54 Å². The van der Waals surface area contributed by atoms with Crippen LogP contribution in [0.3, 0.4) is 0 Å². The summed E-state index contributed by atoms with van der Waals surface area (Å²) in [6.07, 6.45) is 3.44. The highest BCUT2D eigenvalue weighted by atomic mass is 15.4. The quantitative estimate of drug-likeness (QED) is 0.803. The number of nitriles is 1. The second kappa shape index (κ2) is 5.23. The maximum atomic E-state index is 8.50. The van der Waals surface area contributed by atoms with Gasteiger partial charge in [0.05, 0.1) is 30.7 Å². The first-order valence-corrected chi connectivity index (χ1v) is 5.38. The van der Waals surface area contributed by atoms with Crippen LogP contribution in [0.4, 0.5) is 0 Å². The van der Waals surface area contributed by atoms with Gasteiger partial charge in [-0.2, -0.15) is 5.26 Å². The average Bonchev–Trinajstić information content (AvgIpc) is 2.90. The van der Waals surface area contributed by atoms with Crippen LogP contribution < -0.4 is 5.32 Å². The third kappa shape index (κ3) is 2.68. The first kappa shape index (κ1) is 11.3. The SMILES string of the molecule is C[C@@H](NCC#N)c1ccc(-n2ccnn2)cc1. The first-order valence-electron chi connectivity index (χ1n) is 5.38. The van der Waals surface area contributed by atoms with Crippen LogP contribution in [0.5, 0.6) is 0 Å². The Hall–Kier alpha value is -2.19. The van der Waals surface area contributed by atoms with E-state index in [1.807, 2.05) is 31.2 Å². The van der Waals surface area contributed by atoms with Gasteiger partial charge in [-0.05, 0) is 24.6 Å². The average molecular weight is 227 g/mol. The van der Waals surface area contributed by atoms with Crippen LogP contribution in [0.15, 0.2) is 36.7 Å². The standard InChI is InChI=1S/C12H13N5/c1-10(14-7-6-13)11-2-4-12(5-3-11)17-9-8-15-16-17/h2-5,8-10,14H,7H2,1H3/t10-/m1/s1. The molecule has 1 atom stereocenters. The summed E-state index contributed by atoms with van der Waals surface area (Å²) in [5, 5.41) is 19.3. The molecule has 17 heavy (non-hydrogen) atoms. The van der Waals surface area contributed by atoms with E-state index in [0.717, 1.165) is 11.3 Å². The number of hydrogen-bond acceptors (Lipinski definition) is 4. The third-order valence-electron chi connectivity index (χ3n) is 2.57. The largest absolute Gasteiger partial charge is 0.298 e. The second-order valence-corrected chi connectivity index (χ2v) is 3.70. The fraction of sp³-hybridized carbons (Fsp3) is 0.250. The molecule has 1 aromatic heterocycles.